The molecule has 3 aromatic rings. The highest BCUT2D eigenvalue weighted by molar-refractivity contribution is 7.78. The molecule has 0 atom stereocenters. The van der Waals surface area contributed by atoms with E-state index in [-0.39, 0.29) is 53.5 Å². The molecule has 3 heterocycles. The third kappa shape index (κ3) is 8.44. The standard InChI is InChI=1S/C6H9N11.C3H6N6.CNS/c7-1-11-2(8)14-5(13-1)17-6-15-3(9)12-4(10)16-6;4-1-7-2(5)9-3(6)8-1;2-1-3/h(H9,7,8,9,10,11,12,13,14,15,16,17);(H6,4,5,6,7,8,9);/q;;-1/p+1. The van der Waals surface area contributed by atoms with E-state index < -0.39 is 0 Å². The van der Waals surface area contributed by atoms with E-state index in [1.165, 1.54) is 5.16 Å². The zero-order chi connectivity index (χ0) is 22.0. The Kier molecular flexibility index (Phi) is 7.98. The zero-order valence-corrected chi connectivity index (χ0v) is 15.3. The number of anilines is 9. The summed E-state index contributed by atoms with van der Waals surface area (Å²) in [6, 6.07) is 0. The first-order valence-electron chi connectivity index (χ1n) is 7.03. The van der Waals surface area contributed by atoms with E-state index in [0.29, 0.717) is 0 Å². The second-order valence-electron chi connectivity index (χ2n) is 4.44. The number of hydrogen-bond acceptors (Lipinski definition) is 17. The van der Waals surface area contributed by atoms with Crippen LogP contribution in [0.2, 0.25) is 0 Å². The summed E-state index contributed by atoms with van der Waals surface area (Å²) >= 11 is 3.70. The van der Waals surface area contributed by atoms with Crippen molar-refractivity contribution in [3.05, 3.63) is 5.41 Å². The van der Waals surface area contributed by atoms with Crippen molar-refractivity contribution in [1.29, 1.82) is 0 Å². The van der Waals surface area contributed by atoms with Gasteiger partial charge in [0.1, 0.15) is 0 Å². The van der Waals surface area contributed by atoms with Crippen molar-refractivity contribution in [2.75, 3.05) is 45.5 Å². The van der Waals surface area contributed by atoms with Gasteiger partial charge in [0.2, 0.25) is 29.7 Å². The minimum atomic E-state index is -0.0185. The van der Waals surface area contributed by atoms with Crippen molar-refractivity contribution in [1.82, 2.24) is 39.9 Å². The number of aromatic nitrogens is 9. The maximum Gasteiger partial charge on any atom is 0.329 e. The van der Waals surface area contributed by atoms with Gasteiger partial charge in [0.05, 0.1) is 0 Å². The third-order valence-electron chi connectivity index (χ3n) is 2.30. The van der Waals surface area contributed by atoms with Gasteiger partial charge in [0, 0.05) is 0 Å². The van der Waals surface area contributed by atoms with Crippen molar-refractivity contribution >= 4 is 70.9 Å². The topological polar surface area (TPSA) is 334 Å². The smallest absolute Gasteiger partial charge is 0.329 e. The average Bonchev–Trinajstić information content (AvgIpc) is 2.52. The summed E-state index contributed by atoms with van der Waals surface area (Å²) in [6.07, 6.45) is 0. The molecular formula is C10H16N18S. The monoisotopic (exact) mass is 420 g/mol. The Hall–Kier alpha value is -4.77. The fourth-order valence-corrected chi connectivity index (χ4v) is 1.50. The number of hydrogen-bond donors (Lipinski definition) is 8. The summed E-state index contributed by atoms with van der Waals surface area (Å²) in [5, 5.41) is 11.1. The predicted octanol–water partition coefficient (Wildman–Crippen LogP) is -3.18. The number of thiocarbonyl (C=S) groups is 1. The van der Waals surface area contributed by atoms with Crippen LogP contribution in [0.4, 0.5) is 53.5 Å². The molecule has 18 nitrogen and oxygen atoms in total. The molecule has 152 valence electrons. The van der Waals surface area contributed by atoms with Gasteiger partial charge in [-0.3, -0.25) is 0 Å². The van der Waals surface area contributed by atoms with Gasteiger partial charge in [0.15, 0.2) is 0 Å². The van der Waals surface area contributed by atoms with E-state index in [2.05, 4.69) is 62.4 Å². The normalized spacial score (nSPS) is 9.10. The van der Waals surface area contributed by atoms with Crippen LogP contribution in [-0.4, -0.2) is 45.0 Å². The number of rotatable bonds is 2. The maximum absolute atomic E-state index is 7.13. The van der Waals surface area contributed by atoms with Crippen LogP contribution in [0.15, 0.2) is 0 Å². The van der Waals surface area contributed by atoms with Gasteiger partial charge in [-0.05, 0) is 0 Å². The minimum Gasteiger partial charge on any atom is -0.753 e. The highest BCUT2D eigenvalue weighted by Gasteiger charge is 2.11. The maximum atomic E-state index is 7.13. The molecule has 16 N–H and O–H groups in total. The lowest BCUT2D eigenvalue weighted by atomic mass is 10.7. The fourth-order valence-electron chi connectivity index (χ4n) is 1.50. The Bertz CT molecular complexity index is 859. The average molecular weight is 420 g/mol. The quantitative estimate of drug-likeness (QED) is 0.149. The van der Waals surface area contributed by atoms with Crippen LogP contribution in [0.25, 0.3) is 5.41 Å². The molecular weight excluding hydrogens is 404 g/mol. The summed E-state index contributed by atoms with van der Waals surface area (Å²) in [4.78, 5) is 31.8. The molecule has 0 aliphatic carbocycles. The third-order valence-corrected chi connectivity index (χ3v) is 2.30. The molecule has 0 aliphatic rings. The Labute approximate surface area is 167 Å². The molecule has 0 saturated heterocycles. The lowest BCUT2D eigenvalue weighted by Crippen LogP contribution is -2.21. The molecule has 0 saturated carbocycles. The molecule has 0 fully saturated rings. The van der Waals surface area contributed by atoms with E-state index in [9.17, 15) is 0 Å². The zero-order valence-electron chi connectivity index (χ0n) is 14.5. The van der Waals surface area contributed by atoms with Gasteiger partial charge in [-0.2, -0.15) is 35.1 Å². The van der Waals surface area contributed by atoms with E-state index in [4.69, 9.17) is 45.5 Å². The molecule has 0 radical (unpaired) electrons. The second-order valence-corrected chi connectivity index (χ2v) is 4.62. The van der Waals surface area contributed by atoms with Crippen molar-refractivity contribution in [3.63, 3.8) is 0 Å². The first kappa shape index (κ1) is 22.3. The van der Waals surface area contributed by atoms with Gasteiger partial charge < -0.3 is 45.5 Å². The molecule has 0 bridgehead atoms. The molecule has 0 spiro atoms. The number of nitrogens with one attached hydrogen (secondary N) is 2. The minimum absolute atomic E-state index is 0.00116. The molecule has 19 heteroatoms. The highest BCUT2D eigenvalue weighted by atomic mass is 32.1. The Balaban J connectivity index is 0.000000294. The SMILES string of the molecule is Nc1nc(N)nc(N)n1.Nc1nc(N)nc(Nc2nc(N)nc(N)[nH+]2)n1.[N-]=C=S. The largest absolute Gasteiger partial charge is 0.753 e. The van der Waals surface area contributed by atoms with Gasteiger partial charge in [-0.1, -0.05) is 22.2 Å². The van der Waals surface area contributed by atoms with Crippen molar-refractivity contribution in [3.8, 4) is 0 Å². The van der Waals surface area contributed by atoms with E-state index in [0.717, 1.165) is 0 Å². The first-order chi connectivity index (χ1) is 13.6. The number of nitrogens with zero attached hydrogens (tertiary/aromatic N) is 9. The van der Waals surface area contributed by atoms with Crippen LogP contribution in [-0.2, 0) is 0 Å². The van der Waals surface area contributed by atoms with E-state index in [1.54, 1.807) is 0 Å². The number of H-pyrrole nitrogens is 1. The summed E-state index contributed by atoms with van der Waals surface area (Å²) in [5.74, 6) is 0.502. The molecule has 0 amide bonds. The van der Waals surface area contributed by atoms with Crippen molar-refractivity contribution < 1.29 is 4.98 Å². The first-order valence-corrected chi connectivity index (χ1v) is 7.43. The Morgan fingerprint density at radius 3 is 1.38 bits per heavy atom. The summed E-state index contributed by atoms with van der Waals surface area (Å²) < 4.78 is 0. The molecule has 3 rings (SSSR count). The Morgan fingerprint density at radius 2 is 1.00 bits per heavy atom. The van der Waals surface area contributed by atoms with Gasteiger partial charge in [-0.15, -0.1) is 0 Å². The second kappa shape index (κ2) is 10.4. The highest BCUT2D eigenvalue weighted by Crippen LogP contribution is 2.08. The van der Waals surface area contributed by atoms with Crippen molar-refractivity contribution in [2.45, 2.75) is 0 Å². The Morgan fingerprint density at radius 1 is 0.655 bits per heavy atom. The van der Waals surface area contributed by atoms with Crippen LogP contribution in [0.3, 0.4) is 0 Å². The van der Waals surface area contributed by atoms with Crippen LogP contribution in [0.1, 0.15) is 0 Å². The molecule has 0 aliphatic heterocycles. The number of aromatic amines is 1. The summed E-state index contributed by atoms with van der Waals surface area (Å²) in [7, 11) is 0. The van der Waals surface area contributed by atoms with E-state index in [1.807, 2.05) is 0 Å². The lowest BCUT2D eigenvalue weighted by molar-refractivity contribution is -0.350. The fraction of sp³-hybridized carbons (Fsp3) is 0. The summed E-state index contributed by atoms with van der Waals surface area (Å²) in [6.45, 7) is 0. The predicted molar refractivity (Wildman–Crippen MR) is 108 cm³/mol. The lowest BCUT2D eigenvalue weighted by Gasteiger charge is -2.00. The molecule has 0 unspecified atom stereocenters. The van der Waals surface area contributed by atoms with Gasteiger partial charge in [-0.25, -0.2) is 10.3 Å². The number of nitrogen functional groups attached to an aromatic ring is 7. The van der Waals surface area contributed by atoms with Crippen LogP contribution in [0.5, 0.6) is 0 Å². The van der Waals surface area contributed by atoms with E-state index >= 15 is 0 Å². The van der Waals surface area contributed by atoms with Crippen LogP contribution < -0.4 is 50.4 Å². The molecule has 0 aromatic carbocycles. The number of nitrogens with two attached hydrogens (primary N) is 7. The molecule has 29 heavy (non-hydrogen) atoms. The number of isothiocyanates is 1. The van der Waals surface area contributed by atoms with Crippen molar-refractivity contribution in [2.24, 2.45) is 0 Å². The van der Waals surface area contributed by atoms with Crippen LogP contribution in [0, 0.1) is 0 Å². The van der Waals surface area contributed by atoms with Gasteiger partial charge in [0.25, 0.3) is 5.95 Å². The van der Waals surface area contributed by atoms with Gasteiger partial charge >= 0.3 is 17.8 Å². The van der Waals surface area contributed by atoms with Crippen LogP contribution >= 0.6 is 12.2 Å². The summed E-state index contributed by atoms with van der Waals surface area (Å²) in [5.41, 5.74) is 37.1. The molecule has 3 aromatic heterocycles.